The fourth-order valence-corrected chi connectivity index (χ4v) is 2.14. The Balaban J connectivity index is 2.61. The van der Waals surface area contributed by atoms with Crippen LogP contribution in [-0.4, -0.2) is 5.60 Å². The van der Waals surface area contributed by atoms with Gasteiger partial charge in [0.25, 0.3) is 0 Å². The highest BCUT2D eigenvalue weighted by atomic mass is 16.5. The highest BCUT2D eigenvalue weighted by Crippen LogP contribution is 2.44. The monoisotopic (exact) mass is 216 g/mol. The summed E-state index contributed by atoms with van der Waals surface area (Å²) >= 11 is 0. The van der Waals surface area contributed by atoms with E-state index in [1.807, 2.05) is 6.07 Å². The predicted molar refractivity (Wildman–Crippen MR) is 68.6 cm³/mol. The predicted octanol–water partition coefficient (Wildman–Crippen LogP) is 4.29. The summed E-state index contributed by atoms with van der Waals surface area (Å²) in [7, 11) is 0. The lowest BCUT2D eigenvalue weighted by molar-refractivity contribution is 0.156. The summed E-state index contributed by atoms with van der Waals surface area (Å²) in [6, 6.07) is 8.29. The molecule has 86 valence electrons. The molecule has 1 heterocycles. The Bertz CT molecular complexity index is 433. The van der Waals surface area contributed by atoms with Crippen molar-refractivity contribution >= 4 is 5.57 Å². The molecule has 0 bridgehead atoms. The number of hydrogen-bond donors (Lipinski definition) is 0. The first-order chi connectivity index (χ1) is 7.30. The van der Waals surface area contributed by atoms with E-state index in [1.165, 1.54) is 11.1 Å². The Kier molecular flexibility index (Phi) is 2.37. The number of para-hydroxylation sites is 1. The zero-order valence-corrected chi connectivity index (χ0v) is 10.8. The molecule has 0 radical (unpaired) electrons. The van der Waals surface area contributed by atoms with Crippen LogP contribution >= 0.6 is 0 Å². The van der Waals surface area contributed by atoms with Crippen LogP contribution in [0.4, 0.5) is 0 Å². The maximum absolute atomic E-state index is 5.97. The zero-order valence-electron chi connectivity index (χ0n) is 10.8. The molecular formula is C15H20O. The average molecular weight is 216 g/mol. The molecule has 0 aromatic heterocycles. The smallest absolute Gasteiger partial charge is 0.128 e. The van der Waals surface area contributed by atoms with Crippen molar-refractivity contribution in [1.29, 1.82) is 0 Å². The van der Waals surface area contributed by atoms with Gasteiger partial charge in [0.15, 0.2) is 0 Å². The van der Waals surface area contributed by atoms with E-state index in [2.05, 4.69) is 58.9 Å². The van der Waals surface area contributed by atoms with Crippen LogP contribution < -0.4 is 4.74 Å². The number of benzene rings is 1. The van der Waals surface area contributed by atoms with Gasteiger partial charge in [-0.05, 0) is 37.0 Å². The minimum absolute atomic E-state index is 0.150. The third kappa shape index (κ3) is 1.99. The minimum atomic E-state index is -0.211. The van der Waals surface area contributed by atoms with Crippen LogP contribution in [0, 0.1) is 5.41 Å². The molecule has 0 spiro atoms. The standard InChI is InChI=1S/C15H20O/c1-14(2,3)12-10-15(4,5)16-13-9-7-6-8-11(12)13/h6-10H,1-5H3. The van der Waals surface area contributed by atoms with Crippen molar-refractivity contribution in [2.24, 2.45) is 5.41 Å². The van der Waals surface area contributed by atoms with Crippen molar-refractivity contribution in [3.05, 3.63) is 35.9 Å². The van der Waals surface area contributed by atoms with E-state index in [-0.39, 0.29) is 11.0 Å². The molecule has 0 saturated heterocycles. The minimum Gasteiger partial charge on any atom is -0.483 e. The zero-order chi connectivity index (χ0) is 12.0. The van der Waals surface area contributed by atoms with E-state index in [0.717, 1.165) is 5.75 Å². The van der Waals surface area contributed by atoms with Gasteiger partial charge in [-0.15, -0.1) is 0 Å². The Morgan fingerprint density at radius 3 is 2.31 bits per heavy atom. The van der Waals surface area contributed by atoms with E-state index in [9.17, 15) is 0 Å². The highest BCUT2D eigenvalue weighted by molar-refractivity contribution is 5.76. The topological polar surface area (TPSA) is 9.23 Å². The van der Waals surface area contributed by atoms with Crippen LogP contribution in [0.1, 0.15) is 40.2 Å². The number of rotatable bonds is 0. The lowest BCUT2D eigenvalue weighted by Crippen LogP contribution is -2.31. The first-order valence-electron chi connectivity index (χ1n) is 5.81. The summed E-state index contributed by atoms with van der Waals surface area (Å²) < 4.78 is 5.97. The molecule has 1 heteroatoms. The summed E-state index contributed by atoms with van der Waals surface area (Å²) in [5.41, 5.74) is 2.54. The SMILES string of the molecule is CC1(C)C=C(C(C)(C)C)c2ccccc2O1. The van der Waals surface area contributed by atoms with Crippen molar-refractivity contribution in [3.63, 3.8) is 0 Å². The van der Waals surface area contributed by atoms with Crippen molar-refractivity contribution in [2.75, 3.05) is 0 Å². The molecule has 0 atom stereocenters. The Hall–Kier alpha value is -1.24. The first-order valence-corrected chi connectivity index (χ1v) is 5.81. The molecular weight excluding hydrogens is 196 g/mol. The molecule has 1 aliphatic heterocycles. The normalized spacial score (nSPS) is 18.4. The van der Waals surface area contributed by atoms with Gasteiger partial charge in [-0.1, -0.05) is 39.0 Å². The van der Waals surface area contributed by atoms with E-state index in [1.54, 1.807) is 0 Å². The number of allylic oxidation sites excluding steroid dienone is 1. The molecule has 0 amide bonds. The second-order valence-corrected chi connectivity index (χ2v) is 6.01. The van der Waals surface area contributed by atoms with Gasteiger partial charge >= 0.3 is 0 Å². The Morgan fingerprint density at radius 1 is 1.06 bits per heavy atom. The van der Waals surface area contributed by atoms with Gasteiger partial charge in [-0.2, -0.15) is 0 Å². The van der Waals surface area contributed by atoms with Crippen LogP contribution in [-0.2, 0) is 0 Å². The largest absolute Gasteiger partial charge is 0.483 e. The first kappa shape index (κ1) is 11.3. The van der Waals surface area contributed by atoms with E-state index >= 15 is 0 Å². The molecule has 0 aliphatic carbocycles. The molecule has 16 heavy (non-hydrogen) atoms. The lowest BCUT2D eigenvalue weighted by Gasteiger charge is -2.36. The average Bonchev–Trinajstić information content (AvgIpc) is 2.13. The number of fused-ring (bicyclic) bond motifs is 1. The molecule has 2 rings (SSSR count). The van der Waals surface area contributed by atoms with Crippen molar-refractivity contribution in [3.8, 4) is 5.75 Å². The fraction of sp³-hybridized carbons (Fsp3) is 0.467. The maximum atomic E-state index is 5.97. The molecule has 1 aromatic rings. The number of hydrogen-bond acceptors (Lipinski definition) is 1. The highest BCUT2D eigenvalue weighted by Gasteiger charge is 2.31. The van der Waals surface area contributed by atoms with Gasteiger partial charge in [0.2, 0.25) is 0 Å². The lowest BCUT2D eigenvalue weighted by atomic mass is 9.78. The van der Waals surface area contributed by atoms with Crippen molar-refractivity contribution in [2.45, 2.75) is 40.2 Å². The summed E-state index contributed by atoms with van der Waals surface area (Å²) in [5.74, 6) is 1.000. The molecule has 0 unspecified atom stereocenters. The van der Waals surface area contributed by atoms with Crippen LogP contribution in [0.3, 0.4) is 0 Å². The molecule has 1 nitrogen and oxygen atoms in total. The third-order valence-electron chi connectivity index (χ3n) is 2.85. The van der Waals surface area contributed by atoms with E-state index < -0.39 is 0 Å². The second-order valence-electron chi connectivity index (χ2n) is 6.01. The van der Waals surface area contributed by atoms with Crippen LogP contribution in [0.5, 0.6) is 5.75 Å². The molecule has 0 N–H and O–H groups in total. The Morgan fingerprint density at radius 2 is 1.69 bits per heavy atom. The van der Waals surface area contributed by atoms with Crippen molar-refractivity contribution in [1.82, 2.24) is 0 Å². The van der Waals surface area contributed by atoms with Gasteiger partial charge in [0.1, 0.15) is 11.4 Å². The second kappa shape index (κ2) is 3.38. The van der Waals surface area contributed by atoms with Crippen LogP contribution in [0.15, 0.2) is 30.3 Å². The molecule has 1 aliphatic rings. The fourth-order valence-electron chi connectivity index (χ4n) is 2.14. The molecule has 1 aromatic carbocycles. The Labute approximate surface area is 98.1 Å². The molecule has 0 fully saturated rings. The maximum Gasteiger partial charge on any atom is 0.128 e. The van der Waals surface area contributed by atoms with Crippen LogP contribution in [0.25, 0.3) is 5.57 Å². The summed E-state index contributed by atoms with van der Waals surface area (Å²) in [6.07, 6.45) is 2.25. The van der Waals surface area contributed by atoms with Gasteiger partial charge in [0, 0.05) is 5.56 Å². The summed E-state index contributed by atoms with van der Waals surface area (Å²) in [5, 5.41) is 0. The quantitative estimate of drug-likeness (QED) is 0.628. The molecule has 0 saturated carbocycles. The third-order valence-corrected chi connectivity index (χ3v) is 2.85. The van der Waals surface area contributed by atoms with Gasteiger partial charge in [-0.25, -0.2) is 0 Å². The summed E-state index contributed by atoms with van der Waals surface area (Å²) in [6.45, 7) is 11.0. The number of ether oxygens (including phenoxy) is 1. The van der Waals surface area contributed by atoms with Gasteiger partial charge in [-0.3, -0.25) is 0 Å². The van der Waals surface area contributed by atoms with Gasteiger partial charge < -0.3 is 4.74 Å². The van der Waals surface area contributed by atoms with Gasteiger partial charge in [0.05, 0.1) is 0 Å². The van der Waals surface area contributed by atoms with E-state index in [4.69, 9.17) is 4.74 Å². The van der Waals surface area contributed by atoms with Crippen LogP contribution in [0.2, 0.25) is 0 Å². The van der Waals surface area contributed by atoms with Crippen molar-refractivity contribution < 1.29 is 4.74 Å². The van der Waals surface area contributed by atoms with E-state index in [0.29, 0.717) is 0 Å². The summed E-state index contributed by atoms with van der Waals surface area (Å²) in [4.78, 5) is 0.